The van der Waals surface area contributed by atoms with Gasteiger partial charge in [0.2, 0.25) is 0 Å². The molecule has 18 heavy (non-hydrogen) atoms. The minimum atomic E-state index is -5.70. The van der Waals surface area contributed by atoms with Crippen LogP contribution in [0.15, 0.2) is 0 Å². The second kappa shape index (κ2) is 6.65. The Balaban J connectivity index is 4.19. The number of hydrogen-bond donors (Lipinski definition) is 1. The number of alkyl halides is 5. The van der Waals surface area contributed by atoms with Crippen LogP contribution in [0, 0.1) is 0 Å². The van der Waals surface area contributed by atoms with Gasteiger partial charge in [-0.2, -0.15) is 22.0 Å². The van der Waals surface area contributed by atoms with Crippen LogP contribution in [-0.4, -0.2) is 45.6 Å². The lowest BCUT2D eigenvalue weighted by molar-refractivity contribution is -0.282. The van der Waals surface area contributed by atoms with E-state index in [9.17, 15) is 30.4 Å². The van der Waals surface area contributed by atoms with E-state index >= 15 is 0 Å². The zero-order valence-corrected chi connectivity index (χ0v) is 10.7. The van der Waals surface area contributed by atoms with Gasteiger partial charge in [-0.3, -0.25) is 0 Å². The summed E-state index contributed by atoms with van der Waals surface area (Å²) >= 11 is 0. The maximum Gasteiger partial charge on any atom is 0.453 e. The molecule has 0 aromatic rings. The molecule has 0 bridgehead atoms. The van der Waals surface area contributed by atoms with Crippen LogP contribution in [0.4, 0.5) is 22.0 Å². The molecule has 3 nitrogen and oxygen atoms in total. The van der Waals surface area contributed by atoms with Gasteiger partial charge in [0.05, 0.1) is 11.5 Å². The molecule has 0 aliphatic rings. The standard InChI is InChI=1S/C9H16F5NO2S/c1-15-5-2-3-6-18(16,17)7-4-8(10,11)9(12,13)14/h15H,2-7H2,1H3. The number of rotatable bonds is 8. The van der Waals surface area contributed by atoms with Crippen molar-refractivity contribution >= 4 is 9.84 Å². The van der Waals surface area contributed by atoms with Crippen molar-refractivity contribution in [1.82, 2.24) is 5.32 Å². The minimum Gasteiger partial charge on any atom is -0.320 e. The highest BCUT2D eigenvalue weighted by Crippen LogP contribution is 2.38. The maximum absolute atomic E-state index is 12.5. The number of nitrogens with one attached hydrogen (secondary N) is 1. The Labute approximate surface area is 103 Å². The van der Waals surface area contributed by atoms with Crippen LogP contribution in [0.5, 0.6) is 0 Å². The zero-order chi connectivity index (χ0) is 14.4. The fourth-order valence-electron chi connectivity index (χ4n) is 1.15. The number of sulfone groups is 1. The highest BCUT2D eigenvalue weighted by atomic mass is 32.2. The van der Waals surface area contributed by atoms with Crippen molar-refractivity contribution in [3.05, 3.63) is 0 Å². The zero-order valence-electron chi connectivity index (χ0n) is 9.86. The summed E-state index contributed by atoms with van der Waals surface area (Å²) in [5.41, 5.74) is 0. The molecule has 0 fully saturated rings. The monoisotopic (exact) mass is 297 g/mol. The van der Waals surface area contributed by atoms with Crippen molar-refractivity contribution in [2.24, 2.45) is 0 Å². The van der Waals surface area contributed by atoms with E-state index in [0.29, 0.717) is 13.0 Å². The van der Waals surface area contributed by atoms with Crippen molar-refractivity contribution in [2.75, 3.05) is 25.1 Å². The number of hydrogen-bond acceptors (Lipinski definition) is 3. The Morgan fingerprint density at radius 1 is 1.00 bits per heavy atom. The summed E-state index contributed by atoms with van der Waals surface area (Å²) < 4.78 is 82.9. The molecule has 0 heterocycles. The number of halogens is 5. The molecule has 0 aromatic heterocycles. The maximum atomic E-state index is 12.5. The molecular weight excluding hydrogens is 281 g/mol. The Morgan fingerprint density at radius 3 is 2.00 bits per heavy atom. The third kappa shape index (κ3) is 6.48. The first-order valence-electron chi connectivity index (χ1n) is 5.31. The molecule has 0 saturated carbocycles. The van der Waals surface area contributed by atoms with Crippen LogP contribution < -0.4 is 5.32 Å². The predicted molar refractivity (Wildman–Crippen MR) is 57.4 cm³/mol. The Bertz CT molecular complexity index is 339. The highest BCUT2D eigenvalue weighted by Gasteiger charge is 2.57. The van der Waals surface area contributed by atoms with E-state index < -0.39 is 34.1 Å². The average molecular weight is 297 g/mol. The van der Waals surface area contributed by atoms with Gasteiger partial charge < -0.3 is 5.32 Å². The Morgan fingerprint density at radius 2 is 1.56 bits per heavy atom. The van der Waals surface area contributed by atoms with Gasteiger partial charge in [-0.15, -0.1) is 0 Å². The fraction of sp³-hybridized carbons (Fsp3) is 1.00. The van der Waals surface area contributed by atoms with Crippen LogP contribution in [0.25, 0.3) is 0 Å². The first kappa shape index (κ1) is 17.6. The normalized spacial score (nSPS) is 13.9. The van der Waals surface area contributed by atoms with E-state index in [2.05, 4.69) is 5.32 Å². The first-order chi connectivity index (χ1) is 8.02. The highest BCUT2D eigenvalue weighted by molar-refractivity contribution is 7.91. The average Bonchev–Trinajstić information content (AvgIpc) is 2.21. The van der Waals surface area contributed by atoms with Gasteiger partial charge >= 0.3 is 12.1 Å². The molecule has 0 saturated heterocycles. The summed E-state index contributed by atoms with van der Waals surface area (Å²) in [6.45, 7) is 0.564. The topological polar surface area (TPSA) is 46.2 Å². The fourth-order valence-corrected chi connectivity index (χ4v) is 2.57. The van der Waals surface area contributed by atoms with Gasteiger partial charge in [0.25, 0.3) is 0 Å². The predicted octanol–water partition coefficient (Wildman–Crippen LogP) is 1.99. The molecule has 0 aromatic carbocycles. The van der Waals surface area contributed by atoms with Crippen molar-refractivity contribution in [1.29, 1.82) is 0 Å². The first-order valence-corrected chi connectivity index (χ1v) is 7.13. The van der Waals surface area contributed by atoms with Gasteiger partial charge in [-0.1, -0.05) is 0 Å². The molecule has 110 valence electrons. The van der Waals surface area contributed by atoms with Crippen LogP contribution in [-0.2, 0) is 9.84 Å². The quantitative estimate of drug-likeness (QED) is 0.550. The second-order valence-electron chi connectivity index (χ2n) is 3.91. The third-order valence-corrected chi connectivity index (χ3v) is 4.01. The van der Waals surface area contributed by atoms with Crippen molar-refractivity contribution in [3.8, 4) is 0 Å². The van der Waals surface area contributed by atoms with E-state index in [0.717, 1.165) is 0 Å². The second-order valence-corrected chi connectivity index (χ2v) is 6.22. The summed E-state index contributed by atoms with van der Waals surface area (Å²) in [5.74, 6) is -6.48. The SMILES string of the molecule is CNCCCCS(=O)(=O)CCC(F)(F)C(F)(F)F. The summed E-state index contributed by atoms with van der Waals surface area (Å²) in [7, 11) is -2.20. The van der Waals surface area contributed by atoms with E-state index in [1.807, 2.05) is 0 Å². The molecule has 0 rings (SSSR count). The van der Waals surface area contributed by atoms with Crippen LogP contribution >= 0.6 is 0 Å². The van der Waals surface area contributed by atoms with E-state index in [1.54, 1.807) is 7.05 Å². The van der Waals surface area contributed by atoms with E-state index in [1.165, 1.54) is 0 Å². The molecule has 9 heteroatoms. The Hall–Kier alpha value is -0.440. The Kier molecular flexibility index (Phi) is 6.48. The van der Waals surface area contributed by atoms with Gasteiger partial charge in [0.1, 0.15) is 0 Å². The molecule has 0 aliphatic carbocycles. The lowest BCUT2D eigenvalue weighted by Gasteiger charge is -2.19. The molecule has 0 radical (unpaired) electrons. The van der Waals surface area contributed by atoms with Gasteiger partial charge in [0.15, 0.2) is 9.84 Å². The van der Waals surface area contributed by atoms with Crippen molar-refractivity contribution < 1.29 is 30.4 Å². The summed E-state index contributed by atoms with van der Waals surface area (Å²) in [6.07, 6.45) is -6.66. The van der Waals surface area contributed by atoms with Crippen LogP contribution in [0.1, 0.15) is 19.3 Å². The number of unbranched alkanes of at least 4 members (excludes halogenated alkanes) is 1. The molecular formula is C9H16F5NO2S. The van der Waals surface area contributed by atoms with E-state index in [4.69, 9.17) is 0 Å². The summed E-state index contributed by atoms with van der Waals surface area (Å²) in [5, 5.41) is 2.77. The third-order valence-electron chi connectivity index (χ3n) is 2.27. The van der Waals surface area contributed by atoms with Gasteiger partial charge in [-0.05, 0) is 26.4 Å². The van der Waals surface area contributed by atoms with Crippen LogP contribution in [0.2, 0.25) is 0 Å². The van der Waals surface area contributed by atoms with Crippen molar-refractivity contribution in [3.63, 3.8) is 0 Å². The molecule has 0 amide bonds. The van der Waals surface area contributed by atoms with Gasteiger partial charge in [0, 0.05) is 6.42 Å². The molecule has 0 unspecified atom stereocenters. The molecule has 0 aliphatic heterocycles. The smallest absolute Gasteiger partial charge is 0.320 e. The van der Waals surface area contributed by atoms with E-state index in [-0.39, 0.29) is 12.2 Å². The largest absolute Gasteiger partial charge is 0.453 e. The van der Waals surface area contributed by atoms with Crippen molar-refractivity contribution in [2.45, 2.75) is 31.4 Å². The lowest BCUT2D eigenvalue weighted by Crippen LogP contribution is -2.38. The summed E-state index contributed by atoms with van der Waals surface area (Å²) in [6, 6.07) is 0. The molecule has 1 N–H and O–H groups in total. The minimum absolute atomic E-state index is 0.237. The van der Waals surface area contributed by atoms with Crippen LogP contribution in [0.3, 0.4) is 0 Å². The van der Waals surface area contributed by atoms with Gasteiger partial charge in [-0.25, -0.2) is 8.42 Å². The molecule has 0 atom stereocenters. The summed E-state index contributed by atoms with van der Waals surface area (Å²) in [4.78, 5) is 0. The lowest BCUT2D eigenvalue weighted by atomic mass is 10.2. The molecule has 0 spiro atoms.